The summed E-state index contributed by atoms with van der Waals surface area (Å²) in [5, 5.41) is 18.9. The number of aryl methyl sites for hydroxylation is 1. The van der Waals surface area contributed by atoms with Gasteiger partial charge in [-0.2, -0.15) is 0 Å². The number of nitrogens with zero attached hydrogens (tertiary/aromatic N) is 4. The average Bonchev–Trinajstić information content (AvgIpc) is 2.79. The largest absolute Gasteiger partial charge is 0.497 e. The van der Waals surface area contributed by atoms with E-state index in [-0.39, 0.29) is 17.3 Å². The second kappa shape index (κ2) is 8.72. The van der Waals surface area contributed by atoms with Gasteiger partial charge in [0.1, 0.15) is 17.8 Å². The number of rotatable bonds is 7. The first-order chi connectivity index (χ1) is 15.5. The van der Waals surface area contributed by atoms with Gasteiger partial charge in [0.05, 0.1) is 36.0 Å². The van der Waals surface area contributed by atoms with Crippen LogP contribution in [0.3, 0.4) is 0 Å². The topological polar surface area (TPSA) is 124 Å². The molecule has 0 aliphatic heterocycles. The Bertz CT molecular complexity index is 1310. The Morgan fingerprint density at radius 1 is 0.938 bits per heavy atom. The number of para-hydroxylation sites is 1. The Balaban J connectivity index is 1.76. The monoisotopic (exact) mass is 432 g/mol. The van der Waals surface area contributed by atoms with Gasteiger partial charge in [-0.25, -0.2) is 9.97 Å². The van der Waals surface area contributed by atoms with Gasteiger partial charge >= 0.3 is 5.69 Å². The van der Waals surface area contributed by atoms with Gasteiger partial charge in [-0.3, -0.25) is 15.1 Å². The molecule has 0 spiro atoms. The number of ether oxygens (including phenoxy) is 2. The Morgan fingerprint density at radius 2 is 1.69 bits per heavy atom. The number of pyridine rings is 1. The van der Waals surface area contributed by atoms with Crippen molar-refractivity contribution in [2.75, 3.05) is 24.9 Å². The molecule has 10 nitrogen and oxygen atoms in total. The van der Waals surface area contributed by atoms with Crippen molar-refractivity contribution in [1.29, 1.82) is 0 Å². The molecular formula is C22H20N6O4. The number of hydrogen-bond donors (Lipinski definition) is 2. The van der Waals surface area contributed by atoms with Gasteiger partial charge in [-0.15, -0.1) is 0 Å². The quantitative estimate of drug-likeness (QED) is 0.314. The fourth-order valence-electron chi connectivity index (χ4n) is 3.24. The highest BCUT2D eigenvalue weighted by atomic mass is 16.6. The summed E-state index contributed by atoms with van der Waals surface area (Å²) in [7, 11) is 3.04. The molecule has 32 heavy (non-hydrogen) atoms. The van der Waals surface area contributed by atoms with E-state index in [0.717, 1.165) is 11.1 Å². The van der Waals surface area contributed by atoms with Gasteiger partial charge in [-0.05, 0) is 31.2 Å². The van der Waals surface area contributed by atoms with Crippen molar-refractivity contribution >= 4 is 39.6 Å². The normalized spacial score (nSPS) is 10.6. The predicted octanol–water partition coefficient (Wildman–Crippen LogP) is 4.75. The van der Waals surface area contributed by atoms with E-state index in [9.17, 15) is 10.1 Å². The summed E-state index contributed by atoms with van der Waals surface area (Å²) in [6.07, 6.45) is 1.25. The summed E-state index contributed by atoms with van der Waals surface area (Å²) >= 11 is 0. The van der Waals surface area contributed by atoms with Gasteiger partial charge in [0.25, 0.3) is 0 Å². The minimum Gasteiger partial charge on any atom is -0.497 e. The third kappa shape index (κ3) is 4.06. The van der Waals surface area contributed by atoms with Crippen molar-refractivity contribution in [3.05, 3.63) is 70.7 Å². The molecule has 0 fully saturated rings. The van der Waals surface area contributed by atoms with E-state index in [4.69, 9.17) is 9.47 Å². The number of anilines is 4. The molecule has 0 unspecified atom stereocenters. The van der Waals surface area contributed by atoms with Crippen LogP contribution in [0.1, 0.15) is 5.69 Å². The molecule has 10 heteroatoms. The molecule has 0 amide bonds. The maximum atomic E-state index is 12.0. The summed E-state index contributed by atoms with van der Waals surface area (Å²) in [6, 6.07) is 14.5. The highest BCUT2D eigenvalue weighted by Crippen LogP contribution is 2.37. The average molecular weight is 432 g/mol. The first-order valence-electron chi connectivity index (χ1n) is 9.62. The summed E-state index contributed by atoms with van der Waals surface area (Å²) in [4.78, 5) is 24.2. The molecule has 2 N–H and O–H groups in total. The summed E-state index contributed by atoms with van der Waals surface area (Å²) in [5.41, 5.74) is 2.30. The standard InChI is InChI=1S/C22H20N6O4/c1-13-7-8-14-5-4-6-17(19(14)25-13)27-22-20(28(29)30)21(23-12-24-22)26-16-10-9-15(31-2)11-18(16)32-3/h4-12H,1-3H3,(H2,23,24,26,27). The zero-order valence-electron chi connectivity index (χ0n) is 17.6. The summed E-state index contributed by atoms with van der Waals surface area (Å²) in [6.45, 7) is 1.88. The molecule has 0 saturated heterocycles. The molecule has 2 aromatic carbocycles. The number of fused-ring (bicyclic) bond motifs is 1. The molecule has 0 aliphatic carbocycles. The predicted molar refractivity (Wildman–Crippen MR) is 121 cm³/mol. The SMILES string of the molecule is COc1ccc(Nc2ncnc(Nc3cccc4ccc(C)nc34)c2[N+](=O)[O-])c(OC)c1. The molecule has 0 bridgehead atoms. The zero-order valence-corrected chi connectivity index (χ0v) is 17.6. The van der Waals surface area contributed by atoms with Crippen molar-refractivity contribution in [3.8, 4) is 11.5 Å². The number of benzene rings is 2. The molecular weight excluding hydrogens is 412 g/mol. The van der Waals surface area contributed by atoms with Crippen molar-refractivity contribution < 1.29 is 14.4 Å². The smallest absolute Gasteiger partial charge is 0.353 e. The van der Waals surface area contributed by atoms with E-state index in [0.29, 0.717) is 28.4 Å². The number of nitrogens with one attached hydrogen (secondary N) is 2. The molecule has 0 saturated carbocycles. The molecule has 162 valence electrons. The minimum absolute atomic E-state index is 0.0142. The number of aromatic nitrogens is 3. The molecule has 0 aliphatic rings. The molecule has 0 atom stereocenters. The van der Waals surface area contributed by atoms with Crippen LogP contribution < -0.4 is 20.1 Å². The van der Waals surface area contributed by atoms with E-state index in [1.54, 1.807) is 31.4 Å². The fraction of sp³-hybridized carbons (Fsp3) is 0.136. The fourth-order valence-corrected chi connectivity index (χ4v) is 3.24. The Morgan fingerprint density at radius 3 is 2.38 bits per heavy atom. The van der Waals surface area contributed by atoms with Crippen LogP contribution in [0.5, 0.6) is 11.5 Å². The van der Waals surface area contributed by atoms with Crippen LogP contribution in [0, 0.1) is 17.0 Å². The minimum atomic E-state index is -0.537. The third-order valence-electron chi connectivity index (χ3n) is 4.78. The lowest BCUT2D eigenvalue weighted by atomic mass is 10.1. The van der Waals surface area contributed by atoms with Crippen molar-refractivity contribution in [2.45, 2.75) is 6.92 Å². The summed E-state index contributed by atoms with van der Waals surface area (Å²) < 4.78 is 10.6. The molecule has 0 radical (unpaired) electrons. The second-order valence-corrected chi connectivity index (χ2v) is 6.82. The van der Waals surface area contributed by atoms with Crippen LogP contribution in [-0.2, 0) is 0 Å². The van der Waals surface area contributed by atoms with Gasteiger partial charge < -0.3 is 20.1 Å². The van der Waals surface area contributed by atoms with E-state index in [1.165, 1.54) is 13.4 Å². The Kier molecular flexibility index (Phi) is 5.67. The van der Waals surface area contributed by atoms with E-state index >= 15 is 0 Å². The van der Waals surface area contributed by atoms with Gasteiger partial charge in [-0.1, -0.05) is 18.2 Å². The molecule has 2 heterocycles. The first-order valence-corrected chi connectivity index (χ1v) is 9.62. The van der Waals surface area contributed by atoms with Crippen molar-refractivity contribution in [3.63, 3.8) is 0 Å². The lowest BCUT2D eigenvalue weighted by Crippen LogP contribution is -2.06. The van der Waals surface area contributed by atoms with Crippen LogP contribution in [0.4, 0.5) is 28.7 Å². The summed E-state index contributed by atoms with van der Waals surface area (Å²) in [5.74, 6) is 1.09. The van der Waals surface area contributed by atoms with E-state index in [1.807, 2.05) is 31.2 Å². The van der Waals surface area contributed by atoms with Crippen LogP contribution >= 0.6 is 0 Å². The highest BCUT2D eigenvalue weighted by Gasteiger charge is 2.24. The maximum Gasteiger partial charge on any atom is 0.353 e. The van der Waals surface area contributed by atoms with Crippen molar-refractivity contribution in [1.82, 2.24) is 15.0 Å². The Labute approximate surface area is 183 Å². The van der Waals surface area contributed by atoms with Gasteiger partial charge in [0.2, 0.25) is 11.6 Å². The number of nitro groups is 1. The van der Waals surface area contributed by atoms with E-state index in [2.05, 4.69) is 25.6 Å². The molecule has 4 rings (SSSR count). The lowest BCUT2D eigenvalue weighted by molar-refractivity contribution is -0.383. The van der Waals surface area contributed by atoms with Crippen molar-refractivity contribution in [2.24, 2.45) is 0 Å². The van der Waals surface area contributed by atoms with Crippen LogP contribution in [0.15, 0.2) is 54.9 Å². The van der Waals surface area contributed by atoms with E-state index < -0.39 is 4.92 Å². The number of hydrogen-bond acceptors (Lipinski definition) is 9. The molecule has 4 aromatic rings. The maximum absolute atomic E-state index is 12.0. The van der Waals surface area contributed by atoms with Crippen LogP contribution in [-0.4, -0.2) is 34.1 Å². The van der Waals surface area contributed by atoms with Gasteiger partial charge in [0, 0.05) is 17.1 Å². The highest BCUT2D eigenvalue weighted by molar-refractivity contribution is 5.93. The first kappa shape index (κ1) is 20.8. The van der Waals surface area contributed by atoms with Crippen LogP contribution in [0.25, 0.3) is 10.9 Å². The van der Waals surface area contributed by atoms with Crippen LogP contribution in [0.2, 0.25) is 0 Å². The number of methoxy groups -OCH3 is 2. The third-order valence-corrected chi connectivity index (χ3v) is 4.78. The second-order valence-electron chi connectivity index (χ2n) is 6.82. The Hall–Kier alpha value is -4.47. The lowest BCUT2D eigenvalue weighted by Gasteiger charge is -2.14. The van der Waals surface area contributed by atoms with Gasteiger partial charge in [0.15, 0.2) is 0 Å². The molecule has 2 aromatic heterocycles. The zero-order chi connectivity index (χ0) is 22.7.